The molecular weight excluding hydrogens is 402 g/mol. The summed E-state index contributed by atoms with van der Waals surface area (Å²) in [6.07, 6.45) is 0.803. The molecule has 7 heteroatoms. The van der Waals surface area contributed by atoms with Crippen molar-refractivity contribution in [2.45, 2.75) is 19.6 Å². The first-order valence-electron chi connectivity index (χ1n) is 10.3. The average molecular weight is 423 g/mol. The molecular formula is C25H21N5O2. The number of pyridine rings is 1. The van der Waals surface area contributed by atoms with Crippen LogP contribution in [0.1, 0.15) is 22.6 Å². The number of nitrogens with one attached hydrogen (secondary N) is 1. The van der Waals surface area contributed by atoms with E-state index in [4.69, 9.17) is 9.47 Å². The summed E-state index contributed by atoms with van der Waals surface area (Å²) in [5, 5.41) is 14.7. The van der Waals surface area contributed by atoms with E-state index in [9.17, 15) is 0 Å². The fourth-order valence-corrected chi connectivity index (χ4v) is 3.42. The van der Waals surface area contributed by atoms with E-state index in [0.29, 0.717) is 19.0 Å². The molecule has 5 aromatic rings. The monoisotopic (exact) mass is 423 g/mol. The van der Waals surface area contributed by atoms with Crippen LogP contribution < -0.4 is 9.47 Å². The second-order valence-electron chi connectivity index (χ2n) is 7.39. The highest BCUT2D eigenvalue weighted by atomic mass is 16.5. The maximum atomic E-state index is 6.00. The van der Waals surface area contributed by atoms with Crippen molar-refractivity contribution in [3.63, 3.8) is 0 Å². The smallest absolute Gasteiger partial charge is 0.186 e. The van der Waals surface area contributed by atoms with Crippen LogP contribution in [0.2, 0.25) is 0 Å². The van der Waals surface area contributed by atoms with Crippen molar-refractivity contribution >= 4 is 10.9 Å². The van der Waals surface area contributed by atoms with Gasteiger partial charge in [-0.1, -0.05) is 48.5 Å². The average Bonchev–Trinajstić information content (AvgIpc) is 3.36. The van der Waals surface area contributed by atoms with Crippen LogP contribution in [-0.2, 0) is 19.6 Å². The van der Waals surface area contributed by atoms with Gasteiger partial charge in [0.1, 0.15) is 24.7 Å². The lowest BCUT2D eigenvalue weighted by Crippen LogP contribution is -1.99. The molecule has 0 aliphatic heterocycles. The van der Waals surface area contributed by atoms with Crippen LogP contribution in [-0.4, -0.2) is 25.6 Å². The number of ether oxygens (including phenoxy) is 2. The largest absolute Gasteiger partial charge is 0.487 e. The van der Waals surface area contributed by atoms with Crippen LogP contribution in [0.15, 0.2) is 84.9 Å². The van der Waals surface area contributed by atoms with Gasteiger partial charge in [0.2, 0.25) is 0 Å². The van der Waals surface area contributed by atoms with Crippen molar-refractivity contribution in [2.24, 2.45) is 0 Å². The summed E-state index contributed by atoms with van der Waals surface area (Å²) in [5.74, 6) is 2.19. The number of aromatic amines is 1. The SMILES string of the molecule is c1cc(Cc2ccc(OCc3nnn[nH]3)cc2)cc(OCc2ccc3ccccc3n2)c1. The van der Waals surface area contributed by atoms with Crippen LogP contribution in [0.5, 0.6) is 11.5 Å². The van der Waals surface area contributed by atoms with E-state index in [1.807, 2.05) is 48.5 Å². The molecule has 2 aromatic heterocycles. The molecule has 2 heterocycles. The molecule has 0 saturated carbocycles. The minimum Gasteiger partial charge on any atom is -0.487 e. The molecule has 5 rings (SSSR count). The molecule has 0 spiro atoms. The number of aromatic nitrogens is 5. The molecule has 0 fully saturated rings. The van der Waals surface area contributed by atoms with E-state index in [1.165, 1.54) is 11.1 Å². The third kappa shape index (κ3) is 4.89. The minimum atomic E-state index is 0.303. The predicted octanol–water partition coefficient (Wildman–Crippen LogP) is 4.50. The van der Waals surface area contributed by atoms with E-state index >= 15 is 0 Å². The lowest BCUT2D eigenvalue weighted by Gasteiger charge is -2.09. The van der Waals surface area contributed by atoms with Gasteiger partial charge in [-0.2, -0.15) is 0 Å². The second kappa shape index (κ2) is 9.26. The Labute approximate surface area is 185 Å². The molecule has 32 heavy (non-hydrogen) atoms. The number of rotatable bonds is 8. The van der Waals surface area contributed by atoms with Gasteiger partial charge in [-0.25, -0.2) is 10.1 Å². The maximum absolute atomic E-state index is 6.00. The first-order valence-corrected chi connectivity index (χ1v) is 10.3. The third-order valence-corrected chi connectivity index (χ3v) is 5.04. The summed E-state index contributed by atoms with van der Waals surface area (Å²) >= 11 is 0. The molecule has 1 N–H and O–H groups in total. The molecule has 0 bridgehead atoms. The Kier molecular flexibility index (Phi) is 5.70. The van der Waals surface area contributed by atoms with E-state index in [1.54, 1.807) is 0 Å². The molecule has 0 aliphatic rings. The number of tetrazole rings is 1. The highest BCUT2D eigenvalue weighted by Gasteiger charge is 2.04. The zero-order valence-electron chi connectivity index (χ0n) is 17.3. The zero-order chi connectivity index (χ0) is 21.6. The summed E-state index contributed by atoms with van der Waals surface area (Å²) in [4.78, 5) is 4.67. The van der Waals surface area contributed by atoms with E-state index in [-0.39, 0.29) is 0 Å². The molecule has 158 valence electrons. The fourth-order valence-electron chi connectivity index (χ4n) is 3.42. The van der Waals surface area contributed by atoms with Crippen molar-refractivity contribution < 1.29 is 9.47 Å². The molecule has 7 nitrogen and oxygen atoms in total. The Balaban J connectivity index is 1.19. The molecule has 0 saturated heterocycles. The summed E-state index contributed by atoms with van der Waals surface area (Å²) in [6.45, 7) is 0.735. The molecule has 0 radical (unpaired) electrons. The first-order chi connectivity index (χ1) is 15.8. The highest BCUT2D eigenvalue weighted by Crippen LogP contribution is 2.20. The van der Waals surface area contributed by atoms with Crippen molar-refractivity contribution in [3.8, 4) is 11.5 Å². The maximum Gasteiger partial charge on any atom is 0.186 e. The van der Waals surface area contributed by atoms with Gasteiger partial charge in [-0.3, -0.25) is 0 Å². The van der Waals surface area contributed by atoms with Gasteiger partial charge in [0.25, 0.3) is 0 Å². The second-order valence-corrected chi connectivity index (χ2v) is 7.39. The van der Waals surface area contributed by atoms with Crippen LogP contribution in [0.4, 0.5) is 0 Å². The van der Waals surface area contributed by atoms with Gasteiger partial charge in [0.15, 0.2) is 5.82 Å². The normalized spacial score (nSPS) is 10.9. The zero-order valence-corrected chi connectivity index (χ0v) is 17.3. The van der Waals surface area contributed by atoms with Crippen LogP contribution in [0, 0.1) is 0 Å². The van der Waals surface area contributed by atoms with Gasteiger partial charge in [0, 0.05) is 5.39 Å². The first kappa shape index (κ1) is 19.7. The summed E-state index contributed by atoms with van der Waals surface area (Å²) in [6, 6.07) is 28.3. The number of hydrogen-bond donors (Lipinski definition) is 1. The van der Waals surface area contributed by atoms with Gasteiger partial charge < -0.3 is 9.47 Å². The number of benzene rings is 3. The molecule has 0 atom stereocenters. The fraction of sp³-hybridized carbons (Fsp3) is 0.120. The predicted molar refractivity (Wildman–Crippen MR) is 120 cm³/mol. The number of hydrogen-bond acceptors (Lipinski definition) is 6. The van der Waals surface area contributed by atoms with Crippen LogP contribution in [0.25, 0.3) is 10.9 Å². The number of para-hydroxylation sites is 1. The Bertz CT molecular complexity index is 1300. The lowest BCUT2D eigenvalue weighted by molar-refractivity contribution is 0.296. The third-order valence-electron chi connectivity index (χ3n) is 5.04. The number of nitrogens with zero attached hydrogens (tertiary/aromatic N) is 4. The van der Waals surface area contributed by atoms with E-state index < -0.39 is 0 Å². The topological polar surface area (TPSA) is 85.8 Å². The van der Waals surface area contributed by atoms with E-state index in [0.717, 1.165) is 34.5 Å². The lowest BCUT2D eigenvalue weighted by atomic mass is 10.0. The van der Waals surface area contributed by atoms with E-state index in [2.05, 4.69) is 62.0 Å². The summed E-state index contributed by atoms with van der Waals surface area (Å²) in [7, 11) is 0. The van der Waals surface area contributed by atoms with Gasteiger partial charge >= 0.3 is 0 Å². The van der Waals surface area contributed by atoms with Gasteiger partial charge in [0.05, 0.1) is 11.2 Å². The molecule has 0 unspecified atom stereocenters. The standard InChI is InChI=1S/C25H21N5O2/c1-2-7-24-20(5-1)10-11-21(26-24)16-31-23-6-3-4-19(15-23)14-18-8-12-22(13-9-18)32-17-25-27-29-30-28-25/h1-13,15H,14,16-17H2,(H,27,28,29,30). The van der Waals surface area contributed by atoms with Crippen molar-refractivity contribution in [1.82, 2.24) is 25.6 Å². The Hall–Kier alpha value is -4.26. The molecule has 3 aromatic carbocycles. The molecule has 0 aliphatic carbocycles. The number of fused-ring (bicyclic) bond motifs is 1. The van der Waals surface area contributed by atoms with Crippen molar-refractivity contribution in [1.29, 1.82) is 0 Å². The van der Waals surface area contributed by atoms with Gasteiger partial charge in [-0.15, -0.1) is 5.10 Å². The Morgan fingerprint density at radius 1 is 0.719 bits per heavy atom. The minimum absolute atomic E-state index is 0.303. The summed E-state index contributed by atoms with van der Waals surface area (Å²) in [5.41, 5.74) is 4.25. The number of H-pyrrole nitrogens is 1. The van der Waals surface area contributed by atoms with Crippen molar-refractivity contribution in [3.05, 3.63) is 108 Å². The summed E-state index contributed by atoms with van der Waals surface area (Å²) < 4.78 is 11.7. The highest BCUT2D eigenvalue weighted by molar-refractivity contribution is 5.78. The Morgan fingerprint density at radius 3 is 2.47 bits per heavy atom. The quantitative estimate of drug-likeness (QED) is 0.396. The van der Waals surface area contributed by atoms with Gasteiger partial charge in [-0.05, 0) is 64.4 Å². The molecule has 0 amide bonds. The van der Waals surface area contributed by atoms with Crippen LogP contribution in [0.3, 0.4) is 0 Å². The Morgan fingerprint density at radius 2 is 1.59 bits per heavy atom. The van der Waals surface area contributed by atoms with Crippen molar-refractivity contribution in [2.75, 3.05) is 0 Å². The van der Waals surface area contributed by atoms with Crippen LogP contribution >= 0.6 is 0 Å².